The standard InChI is InChI=1S/C19H29N3O2S/c1-6-21(18(24)20-19(3,4)5)11-12-22-16(23)13-25-17(22)15-10-8-7-9-14(15)2/h7-10,17H,6,11-13H2,1-5H3,(H,20,24). The second-order valence-corrected chi connectivity index (χ2v) is 8.44. The molecule has 138 valence electrons. The second kappa shape index (κ2) is 8.13. The van der Waals surface area contributed by atoms with Gasteiger partial charge in [0.25, 0.3) is 0 Å². The highest BCUT2D eigenvalue weighted by atomic mass is 32.2. The smallest absolute Gasteiger partial charge is 0.317 e. The maximum absolute atomic E-state index is 12.4. The van der Waals surface area contributed by atoms with Gasteiger partial charge in [0.05, 0.1) is 5.75 Å². The Hall–Kier alpha value is -1.69. The van der Waals surface area contributed by atoms with Crippen molar-refractivity contribution in [3.05, 3.63) is 35.4 Å². The van der Waals surface area contributed by atoms with Crippen LogP contribution in [0.4, 0.5) is 4.79 Å². The molecule has 6 heteroatoms. The predicted molar refractivity (Wildman–Crippen MR) is 104 cm³/mol. The van der Waals surface area contributed by atoms with Crippen molar-refractivity contribution in [2.45, 2.75) is 45.5 Å². The Bertz CT molecular complexity index is 627. The van der Waals surface area contributed by atoms with Crippen LogP contribution in [0, 0.1) is 6.92 Å². The maximum atomic E-state index is 12.4. The summed E-state index contributed by atoms with van der Waals surface area (Å²) in [6.45, 7) is 11.6. The second-order valence-electron chi connectivity index (χ2n) is 7.37. The largest absolute Gasteiger partial charge is 0.333 e. The molecule has 1 aromatic rings. The lowest BCUT2D eigenvalue weighted by molar-refractivity contribution is -0.128. The molecule has 1 aliphatic rings. The van der Waals surface area contributed by atoms with Gasteiger partial charge in [-0.25, -0.2) is 4.79 Å². The van der Waals surface area contributed by atoms with Crippen molar-refractivity contribution >= 4 is 23.7 Å². The monoisotopic (exact) mass is 363 g/mol. The fraction of sp³-hybridized carbons (Fsp3) is 0.579. The summed E-state index contributed by atoms with van der Waals surface area (Å²) in [6.07, 6.45) is 0. The van der Waals surface area contributed by atoms with Crippen LogP contribution in [0.25, 0.3) is 0 Å². The van der Waals surface area contributed by atoms with Crippen molar-refractivity contribution in [1.82, 2.24) is 15.1 Å². The summed E-state index contributed by atoms with van der Waals surface area (Å²) in [5.74, 6) is 0.643. The van der Waals surface area contributed by atoms with E-state index in [0.29, 0.717) is 25.4 Å². The first kappa shape index (κ1) is 19.6. The number of likely N-dealkylation sites (N-methyl/N-ethyl adjacent to an activating group) is 1. The molecule has 1 unspecified atom stereocenters. The van der Waals surface area contributed by atoms with E-state index >= 15 is 0 Å². The third-order valence-electron chi connectivity index (χ3n) is 4.18. The molecule has 1 N–H and O–H groups in total. The number of thioether (sulfide) groups is 1. The van der Waals surface area contributed by atoms with Crippen molar-refractivity contribution in [3.8, 4) is 0 Å². The van der Waals surface area contributed by atoms with Crippen LogP contribution in [0.5, 0.6) is 0 Å². The molecule has 0 saturated carbocycles. The molecule has 1 atom stereocenters. The van der Waals surface area contributed by atoms with Crippen LogP contribution in [0.3, 0.4) is 0 Å². The minimum atomic E-state index is -0.270. The van der Waals surface area contributed by atoms with Crippen LogP contribution in [0.15, 0.2) is 24.3 Å². The van der Waals surface area contributed by atoms with Crippen molar-refractivity contribution in [2.24, 2.45) is 0 Å². The molecule has 25 heavy (non-hydrogen) atoms. The van der Waals surface area contributed by atoms with Gasteiger partial charge in [-0.2, -0.15) is 0 Å². The van der Waals surface area contributed by atoms with E-state index < -0.39 is 0 Å². The Balaban J connectivity index is 2.05. The number of hydrogen-bond donors (Lipinski definition) is 1. The highest BCUT2D eigenvalue weighted by molar-refractivity contribution is 8.00. The number of urea groups is 1. The van der Waals surface area contributed by atoms with E-state index in [1.54, 1.807) is 16.7 Å². The molecule has 0 aliphatic carbocycles. The molecule has 1 saturated heterocycles. The summed E-state index contributed by atoms with van der Waals surface area (Å²) in [6, 6.07) is 8.11. The average molecular weight is 364 g/mol. The van der Waals surface area contributed by atoms with Crippen LogP contribution in [-0.4, -0.2) is 52.7 Å². The first-order chi connectivity index (χ1) is 11.7. The average Bonchev–Trinajstić information content (AvgIpc) is 2.88. The van der Waals surface area contributed by atoms with Crippen LogP contribution in [-0.2, 0) is 4.79 Å². The highest BCUT2D eigenvalue weighted by Crippen LogP contribution is 2.39. The zero-order chi connectivity index (χ0) is 18.6. The van der Waals surface area contributed by atoms with E-state index in [2.05, 4.69) is 24.4 Å². The van der Waals surface area contributed by atoms with E-state index in [1.165, 1.54) is 11.1 Å². The number of benzene rings is 1. The predicted octanol–water partition coefficient (Wildman–Crippen LogP) is 3.40. The minimum absolute atomic E-state index is 0.0399. The summed E-state index contributed by atoms with van der Waals surface area (Å²) < 4.78 is 0. The molecule has 1 aliphatic heterocycles. The zero-order valence-corrected chi connectivity index (χ0v) is 16.7. The van der Waals surface area contributed by atoms with E-state index in [1.807, 2.05) is 44.7 Å². The maximum Gasteiger partial charge on any atom is 0.317 e. The fourth-order valence-electron chi connectivity index (χ4n) is 2.85. The molecule has 0 radical (unpaired) electrons. The van der Waals surface area contributed by atoms with Crippen LogP contribution < -0.4 is 5.32 Å². The molecule has 0 spiro atoms. The molecule has 2 rings (SSSR count). The van der Waals surface area contributed by atoms with Crippen LogP contribution in [0.1, 0.15) is 44.2 Å². The summed E-state index contributed by atoms with van der Waals surface area (Å²) in [5, 5.41) is 3.03. The number of rotatable bonds is 5. The van der Waals surface area contributed by atoms with Gasteiger partial charge in [0.2, 0.25) is 5.91 Å². The molecule has 0 bridgehead atoms. The Morgan fingerprint density at radius 2 is 2.04 bits per heavy atom. The van der Waals surface area contributed by atoms with Crippen molar-refractivity contribution < 1.29 is 9.59 Å². The van der Waals surface area contributed by atoms with Gasteiger partial charge >= 0.3 is 6.03 Å². The van der Waals surface area contributed by atoms with Crippen molar-refractivity contribution in [1.29, 1.82) is 0 Å². The molecule has 1 heterocycles. The van der Waals surface area contributed by atoms with E-state index in [-0.39, 0.29) is 22.9 Å². The summed E-state index contributed by atoms with van der Waals surface area (Å²) in [4.78, 5) is 28.4. The van der Waals surface area contributed by atoms with Gasteiger partial charge in [-0.15, -0.1) is 11.8 Å². The third-order valence-corrected chi connectivity index (χ3v) is 5.42. The Labute approximate surface area is 155 Å². The number of amides is 3. The van der Waals surface area contributed by atoms with Gasteiger partial charge in [-0.1, -0.05) is 24.3 Å². The Kier molecular flexibility index (Phi) is 6.38. The number of nitrogens with one attached hydrogen (secondary N) is 1. The van der Waals surface area contributed by atoms with E-state index in [4.69, 9.17) is 0 Å². The Morgan fingerprint density at radius 1 is 1.36 bits per heavy atom. The lowest BCUT2D eigenvalue weighted by atomic mass is 10.1. The van der Waals surface area contributed by atoms with Gasteiger partial charge in [0, 0.05) is 25.2 Å². The number of nitrogens with zero attached hydrogens (tertiary/aromatic N) is 2. The number of carbonyl (C=O) groups is 2. The van der Waals surface area contributed by atoms with E-state index in [9.17, 15) is 9.59 Å². The number of hydrogen-bond acceptors (Lipinski definition) is 3. The quantitative estimate of drug-likeness (QED) is 0.872. The topological polar surface area (TPSA) is 52.7 Å². The lowest BCUT2D eigenvalue weighted by Crippen LogP contribution is -2.50. The first-order valence-corrected chi connectivity index (χ1v) is 9.81. The van der Waals surface area contributed by atoms with Gasteiger partial charge in [-0.3, -0.25) is 4.79 Å². The highest BCUT2D eigenvalue weighted by Gasteiger charge is 2.33. The third kappa shape index (κ3) is 5.14. The zero-order valence-electron chi connectivity index (χ0n) is 15.8. The van der Waals surface area contributed by atoms with Crippen molar-refractivity contribution in [2.75, 3.05) is 25.4 Å². The number of carbonyl (C=O) groups excluding carboxylic acids is 2. The molecular weight excluding hydrogens is 334 g/mol. The lowest BCUT2D eigenvalue weighted by Gasteiger charge is -2.31. The SMILES string of the molecule is CCN(CCN1C(=O)CSC1c1ccccc1C)C(=O)NC(C)(C)C. The van der Waals surface area contributed by atoms with Crippen molar-refractivity contribution in [3.63, 3.8) is 0 Å². The summed E-state index contributed by atoms with van der Waals surface area (Å²) in [5.41, 5.74) is 2.10. The number of aryl methyl sites for hydroxylation is 1. The Morgan fingerprint density at radius 3 is 2.64 bits per heavy atom. The van der Waals surface area contributed by atoms with Gasteiger partial charge in [-0.05, 0) is 45.7 Å². The minimum Gasteiger partial charge on any atom is -0.333 e. The fourth-order valence-corrected chi connectivity index (χ4v) is 4.16. The first-order valence-electron chi connectivity index (χ1n) is 8.76. The van der Waals surface area contributed by atoms with Gasteiger partial charge in [0.1, 0.15) is 5.37 Å². The molecule has 1 aromatic carbocycles. The summed E-state index contributed by atoms with van der Waals surface area (Å²) >= 11 is 1.66. The molecule has 5 nitrogen and oxygen atoms in total. The summed E-state index contributed by atoms with van der Waals surface area (Å²) in [7, 11) is 0. The normalized spacial score (nSPS) is 17.7. The molecule has 3 amide bonds. The molecule has 0 aromatic heterocycles. The van der Waals surface area contributed by atoms with Gasteiger partial charge < -0.3 is 15.1 Å². The van der Waals surface area contributed by atoms with Gasteiger partial charge in [0.15, 0.2) is 0 Å². The van der Waals surface area contributed by atoms with Crippen LogP contribution in [0.2, 0.25) is 0 Å². The molecule has 1 fully saturated rings. The van der Waals surface area contributed by atoms with E-state index in [0.717, 1.165) is 0 Å². The van der Waals surface area contributed by atoms with Crippen LogP contribution >= 0.6 is 11.8 Å². The molecular formula is C19H29N3O2S.